The fourth-order valence-electron chi connectivity index (χ4n) is 11.9. The van der Waals surface area contributed by atoms with Crippen molar-refractivity contribution in [2.24, 2.45) is 0 Å². The average molecular weight is 865 g/mol. The molecule has 67 heavy (non-hydrogen) atoms. The third kappa shape index (κ3) is 5.11. The van der Waals surface area contributed by atoms with E-state index in [0.29, 0.717) is 0 Å². The molecule has 0 bridgehead atoms. The van der Waals surface area contributed by atoms with Gasteiger partial charge in [0, 0.05) is 65.1 Å². The summed E-state index contributed by atoms with van der Waals surface area (Å²) < 4.78 is 7.49. The largest absolute Gasteiger partial charge is 0.309 e. The number of hydrogen-bond donors (Lipinski definition) is 0. The van der Waals surface area contributed by atoms with E-state index in [0.717, 1.165) is 11.3 Å². The summed E-state index contributed by atoms with van der Waals surface area (Å²) >= 11 is 0. The molecule has 6 heterocycles. The summed E-state index contributed by atoms with van der Waals surface area (Å²) in [5, 5.41) is 15.3. The van der Waals surface area contributed by atoms with Crippen LogP contribution in [0.15, 0.2) is 152 Å². The molecule has 0 radical (unpaired) electrons. The van der Waals surface area contributed by atoms with E-state index in [1.54, 1.807) is 0 Å². The Hall–Kier alpha value is -7.43. The molecule has 4 heteroatoms. The third-order valence-corrected chi connectivity index (χ3v) is 15.3. The number of nitrogens with zero attached hydrogens (tertiary/aromatic N) is 4. The van der Waals surface area contributed by atoms with Gasteiger partial charge >= 0.3 is 0 Å². The zero-order chi connectivity index (χ0) is 45.6. The Bertz CT molecular complexity index is 4420. The van der Waals surface area contributed by atoms with Gasteiger partial charge in [-0.25, -0.2) is 4.98 Å². The van der Waals surface area contributed by atoms with Gasteiger partial charge in [-0.2, -0.15) is 0 Å². The predicted octanol–water partition coefficient (Wildman–Crippen LogP) is 17.2. The number of aromatic nitrogens is 4. The Kier molecular flexibility index (Phi) is 7.36. The van der Waals surface area contributed by atoms with Crippen LogP contribution in [0, 0.1) is 0 Å². The van der Waals surface area contributed by atoms with Crippen LogP contribution in [-0.2, 0) is 16.2 Å². The minimum atomic E-state index is -0.0867. The summed E-state index contributed by atoms with van der Waals surface area (Å²) in [4.78, 5) is 5.65. The minimum absolute atomic E-state index is 0.0359. The molecule has 0 amide bonds. The molecule has 0 aliphatic heterocycles. The van der Waals surface area contributed by atoms with E-state index in [1.807, 2.05) is 0 Å². The molecular weight excluding hydrogens is 813 g/mol. The summed E-state index contributed by atoms with van der Waals surface area (Å²) in [5.74, 6) is 0. The first-order chi connectivity index (χ1) is 32.1. The number of hydrogen-bond acceptors (Lipinski definition) is 1. The quantitative estimate of drug-likeness (QED) is 0.170. The van der Waals surface area contributed by atoms with Crippen LogP contribution >= 0.6 is 0 Å². The summed E-state index contributed by atoms with van der Waals surface area (Å²) in [6.45, 7) is 21.1. The van der Waals surface area contributed by atoms with Crippen molar-refractivity contribution in [3.63, 3.8) is 0 Å². The van der Waals surface area contributed by atoms with Crippen LogP contribution in [0.2, 0.25) is 0 Å². The fraction of sp³-hybridized carbons (Fsp3) is 0.190. The van der Waals surface area contributed by atoms with Crippen molar-refractivity contribution in [3.05, 3.63) is 168 Å². The van der Waals surface area contributed by atoms with Crippen LogP contribution in [0.1, 0.15) is 79.0 Å². The molecule has 0 spiro atoms. The number of pyridine rings is 1. The molecule has 8 aromatic carbocycles. The second kappa shape index (κ2) is 12.7. The number of benzene rings is 8. The van der Waals surface area contributed by atoms with Gasteiger partial charge in [0.1, 0.15) is 5.65 Å². The molecule has 0 saturated carbocycles. The monoisotopic (exact) mass is 864 g/mol. The van der Waals surface area contributed by atoms with Gasteiger partial charge in [0.25, 0.3) is 0 Å². The topological polar surface area (TPSA) is 26.6 Å². The van der Waals surface area contributed by atoms with E-state index in [4.69, 9.17) is 4.98 Å². The Balaban J connectivity index is 1.18. The highest BCUT2D eigenvalue weighted by atomic mass is 15.0. The second-order valence-corrected chi connectivity index (χ2v) is 22.5. The van der Waals surface area contributed by atoms with Crippen molar-refractivity contribution in [1.82, 2.24) is 18.4 Å². The molecule has 0 aliphatic rings. The van der Waals surface area contributed by atoms with E-state index < -0.39 is 0 Å². The lowest BCUT2D eigenvalue weighted by Crippen LogP contribution is -2.11. The summed E-state index contributed by atoms with van der Waals surface area (Å²) in [7, 11) is 0. The van der Waals surface area contributed by atoms with Crippen LogP contribution < -0.4 is 0 Å². The van der Waals surface area contributed by atoms with Gasteiger partial charge in [-0.05, 0) is 122 Å². The van der Waals surface area contributed by atoms with E-state index >= 15 is 0 Å². The lowest BCUT2D eigenvalue weighted by molar-refractivity contribution is 0.590. The van der Waals surface area contributed by atoms with Gasteiger partial charge < -0.3 is 8.97 Å². The first kappa shape index (κ1) is 38.8. The molecule has 0 atom stereocenters. The van der Waals surface area contributed by atoms with E-state index in [1.165, 1.54) is 131 Å². The summed E-state index contributed by atoms with van der Waals surface area (Å²) in [6.07, 6.45) is 2.18. The highest BCUT2D eigenvalue weighted by Crippen LogP contribution is 2.51. The Morgan fingerprint density at radius 3 is 1.66 bits per heavy atom. The number of rotatable bonds is 2. The maximum Gasteiger partial charge on any atom is 0.146 e. The maximum atomic E-state index is 5.65. The van der Waals surface area contributed by atoms with E-state index in [2.05, 4.69) is 227 Å². The van der Waals surface area contributed by atoms with Gasteiger partial charge in [0.05, 0.1) is 44.8 Å². The molecule has 0 unspecified atom stereocenters. The standard InChI is InChI=1S/C63H52N4/c1-61(2,3)37-24-26-52-44(29-37)46-30-38(62(4,5)6)32-48-55-53(66(52)57(46)48)34-64-60-56(55)49-33-39(63(7,8)9)31-47-45-27-35-17-13-14-20-41(35)54(59(45)67(60)58(47)49)36-23-25-51-43(28-36)42-21-15-16-22-50(42)65(51)40-18-11-10-12-19-40/h10-34H,1-9H3. The van der Waals surface area contributed by atoms with Gasteiger partial charge in [0.2, 0.25) is 0 Å². The maximum absolute atomic E-state index is 5.65. The van der Waals surface area contributed by atoms with E-state index in [9.17, 15) is 0 Å². The van der Waals surface area contributed by atoms with Crippen LogP contribution in [0.3, 0.4) is 0 Å². The zero-order valence-electron chi connectivity index (χ0n) is 39.7. The molecule has 0 aliphatic carbocycles. The van der Waals surface area contributed by atoms with Crippen molar-refractivity contribution in [1.29, 1.82) is 0 Å². The lowest BCUT2D eigenvalue weighted by atomic mass is 9.84. The summed E-state index contributed by atoms with van der Waals surface area (Å²) in [5.41, 5.74) is 17.1. The van der Waals surface area contributed by atoms with Gasteiger partial charge in [-0.15, -0.1) is 0 Å². The van der Waals surface area contributed by atoms with Crippen LogP contribution in [0.5, 0.6) is 0 Å². The molecular formula is C63H52N4. The SMILES string of the molecule is CC(C)(C)c1ccc2c(c1)c1cc(C(C)(C)C)cc3c4c5c6cc(C(C)(C)C)cc7c8cc9ccccc9c(-c9ccc%10c(c9)c9ccccc9n%10-c9ccccc9)c8n(c5ncc4n2c13)c76. The highest BCUT2D eigenvalue weighted by Gasteiger charge is 2.30. The first-order valence-corrected chi connectivity index (χ1v) is 24.0. The van der Waals surface area contributed by atoms with Crippen molar-refractivity contribution in [2.45, 2.75) is 78.6 Å². The Labute approximate surface area is 389 Å². The molecule has 0 saturated heterocycles. The van der Waals surface area contributed by atoms with Crippen molar-refractivity contribution >= 4 is 109 Å². The number of fused-ring (bicyclic) bond motifs is 17. The fourth-order valence-corrected chi connectivity index (χ4v) is 11.9. The molecule has 14 aromatic rings. The first-order valence-electron chi connectivity index (χ1n) is 24.0. The van der Waals surface area contributed by atoms with Gasteiger partial charge in [-0.1, -0.05) is 135 Å². The molecule has 0 fully saturated rings. The number of para-hydroxylation sites is 2. The van der Waals surface area contributed by atoms with Crippen LogP contribution in [-0.4, -0.2) is 18.4 Å². The van der Waals surface area contributed by atoms with Gasteiger partial charge in [-0.3, -0.25) is 4.40 Å². The lowest BCUT2D eigenvalue weighted by Gasteiger charge is -2.20. The highest BCUT2D eigenvalue weighted by molar-refractivity contribution is 6.36. The minimum Gasteiger partial charge on any atom is -0.309 e. The third-order valence-electron chi connectivity index (χ3n) is 15.3. The Morgan fingerprint density at radius 2 is 0.925 bits per heavy atom. The summed E-state index contributed by atoms with van der Waals surface area (Å²) in [6, 6.07) is 55.3. The molecule has 14 rings (SSSR count). The normalized spacial score (nSPS) is 13.4. The average Bonchev–Trinajstić information content (AvgIpc) is 4.09. The van der Waals surface area contributed by atoms with Crippen LogP contribution in [0.4, 0.5) is 0 Å². The second-order valence-electron chi connectivity index (χ2n) is 22.5. The Morgan fingerprint density at radius 1 is 0.373 bits per heavy atom. The van der Waals surface area contributed by atoms with Crippen molar-refractivity contribution in [3.8, 4) is 16.8 Å². The molecule has 324 valence electrons. The predicted molar refractivity (Wildman–Crippen MR) is 287 cm³/mol. The van der Waals surface area contributed by atoms with E-state index in [-0.39, 0.29) is 16.2 Å². The zero-order valence-corrected chi connectivity index (χ0v) is 39.7. The van der Waals surface area contributed by atoms with Crippen molar-refractivity contribution in [2.75, 3.05) is 0 Å². The molecule has 6 aromatic heterocycles. The van der Waals surface area contributed by atoms with Crippen molar-refractivity contribution < 1.29 is 0 Å². The van der Waals surface area contributed by atoms with Crippen LogP contribution in [0.25, 0.3) is 126 Å². The molecule has 4 nitrogen and oxygen atoms in total. The van der Waals surface area contributed by atoms with Gasteiger partial charge in [0.15, 0.2) is 0 Å². The smallest absolute Gasteiger partial charge is 0.146 e. The molecule has 0 N–H and O–H groups in total.